The van der Waals surface area contributed by atoms with Gasteiger partial charge in [0.25, 0.3) is 0 Å². The van der Waals surface area contributed by atoms with E-state index in [0.29, 0.717) is 0 Å². The Morgan fingerprint density at radius 3 is 1.80 bits per heavy atom. The molecule has 0 fully saturated rings. The molecule has 1 radical (unpaired) electrons. The first-order valence-electron chi connectivity index (χ1n) is 2.06. The highest BCUT2D eigenvalue weighted by molar-refractivity contribution is 6.09. The molecule has 0 saturated heterocycles. The molecule has 5 heavy (non-hydrogen) atoms. The molecule has 0 spiro atoms. The molecule has 0 atom stereocenters. The molecule has 0 aromatic carbocycles. The van der Waals surface area contributed by atoms with E-state index in [1.54, 1.807) is 5.92 Å². The predicted octanol–water partition coefficient (Wildman–Crippen LogP) is 0.384. The van der Waals surface area contributed by atoms with E-state index >= 15 is 0 Å². The van der Waals surface area contributed by atoms with Gasteiger partial charge in [0.15, 0.2) is 0 Å². The summed E-state index contributed by atoms with van der Waals surface area (Å²) in [6, 6.07) is 1.36. The molecule has 0 N–H and O–H groups in total. The Hall–Kier alpha value is 0.217. The molecule has 0 amide bonds. The van der Waals surface area contributed by atoms with Crippen LogP contribution in [0.2, 0.25) is 6.04 Å². The average molecular weight is 87.2 g/mol. The minimum absolute atomic E-state index is 1.34. The van der Waals surface area contributed by atoms with Gasteiger partial charge in [-0.15, -0.1) is 0 Å². The molecule has 0 heterocycles. The van der Waals surface area contributed by atoms with Gasteiger partial charge in [0.1, 0.15) is 0 Å². The van der Waals surface area contributed by atoms with E-state index in [-0.39, 0.29) is 0 Å². The summed E-state index contributed by atoms with van der Waals surface area (Å²) in [5.74, 6) is 1.57. The third-order valence-electron chi connectivity index (χ3n) is 0.707. The molecule has 0 aromatic rings. The second kappa shape index (κ2) is 2.45. The summed E-state index contributed by atoms with van der Waals surface area (Å²) in [5, 5.41) is 0. The predicted molar refractivity (Wildman–Crippen MR) is 29.3 cm³/mol. The second-order valence-electron chi connectivity index (χ2n) is 1.56. The lowest BCUT2D eigenvalue weighted by Crippen LogP contribution is -1.76. The summed E-state index contributed by atoms with van der Waals surface area (Å²) in [7, 11) is 1.34. The first-order chi connectivity index (χ1) is 2.27. The lowest BCUT2D eigenvalue weighted by atomic mass is 10.3. The summed E-state index contributed by atoms with van der Waals surface area (Å²) >= 11 is 0. The van der Waals surface area contributed by atoms with Gasteiger partial charge in [-0.1, -0.05) is 19.9 Å². The highest BCUT2D eigenvalue weighted by Gasteiger charge is 1.81. The van der Waals surface area contributed by atoms with Gasteiger partial charge in [-0.05, 0) is 5.92 Å². The topological polar surface area (TPSA) is 0 Å². The van der Waals surface area contributed by atoms with E-state index < -0.39 is 0 Å². The number of hydrogen-bond donors (Lipinski definition) is 0. The normalized spacial score (nSPS) is 10.2. The van der Waals surface area contributed by atoms with Crippen LogP contribution in [-0.4, -0.2) is 10.2 Å². The van der Waals surface area contributed by atoms with Gasteiger partial charge in [-0.2, -0.15) is 0 Å². The maximum Gasteiger partial charge on any atom is 0.00350 e. The fourth-order valence-corrected chi connectivity index (χ4v) is 0. The van der Waals surface area contributed by atoms with E-state index in [9.17, 15) is 0 Å². The van der Waals surface area contributed by atoms with Gasteiger partial charge >= 0.3 is 0 Å². The zero-order valence-corrected chi connectivity index (χ0v) is 6.21. The van der Waals surface area contributed by atoms with Crippen molar-refractivity contribution >= 4 is 10.2 Å². The molecule has 0 nitrogen and oxygen atoms in total. The minimum Gasteiger partial charge on any atom is -0.0603 e. The SMILES string of the molecule is C[C](C)C[SiH3]. The van der Waals surface area contributed by atoms with Crippen molar-refractivity contribution in [1.82, 2.24) is 0 Å². The van der Waals surface area contributed by atoms with Crippen LogP contribution in [0.15, 0.2) is 0 Å². The Balaban J connectivity index is 2.54. The lowest BCUT2D eigenvalue weighted by molar-refractivity contribution is 1.10. The minimum atomic E-state index is 1.34. The van der Waals surface area contributed by atoms with Crippen LogP contribution in [0.1, 0.15) is 13.8 Å². The van der Waals surface area contributed by atoms with Crippen LogP contribution in [-0.2, 0) is 0 Å². The molecule has 0 aliphatic carbocycles. The van der Waals surface area contributed by atoms with E-state index in [0.717, 1.165) is 0 Å². The first-order valence-corrected chi connectivity index (χ1v) is 3.47. The Morgan fingerprint density at radius 2 is 1.80 bits per heavy atom. The standard InChI is InChI=1S/C4H11Si/c1-4(2)3-5/h3H2,1-2,5H3. The fourth-order valence-electron chi connectivity index (χ4n) is 0. The summed E-state index contributed by atoms with van der Waals surface area (Å²) < 4.78 is 0. The van der Waals surface area contributed by atoms with Crippen LogP contribution in [0.4, 0.5) is 0 Å². The van der Waals surface area contributed by atoms with Gasteiger partial charge in [0.2, 0.25) is 0 Å². The Kier molecular flexibility index (Phi) is 2.56. The van der Waals surface area contributed by atoms with Crippen LogP contribution in [0.25, 0.3) is 0 Å². The van der Waals surface area contributed by atoms with Crippen LogP contribution < -0.4 is 0 Å². The monoisotopic (exact) mass is 87.1 g/mol. The second-order valence-corrected chi connectivity index (χ2v) is 2.27. The average Bonchev–Trinajstić information content (AvgIpc) is 1.38. The summed E-state index contributed by atoms with van der Waals surface area (Å²) in [6.45, 7) is 4.35. The molecule has 0 unspecified atom stereocenters. The van der Waals surface area contributed by atoms with Crippen LogP contribution >= 0.6 is 0 Å². The van der Waals surface area contributed by atoms with Gasteiger partial charge in [-0.25, -0.2) is 0 Å². The maximum atomic E-state index is 2.17. The van der Waals surface area contributed by atoms with Crippen molar-refractivity contribution in [3.63, 3.8) is 0 Å². The molecule has 0 aliphatic heterocycles. The van der Waals surface area contributed by atoms with Crippen molar-refractivity contribution in [2.24, 2.45) is 0 Å². The van der Waals surface area contributed by atoms with Gasteiger partial charge in [0, 0.05) is 10.2 Å². The Morgan fingerprint density at radius 1 is 1.60 bits per heavy atom. The first kappa shape index (κ1) is 5.22. The Bertz CT molecular complexity index is 17.6. The van der Waals surface area contributed by atoms with Crippen LogP contribution in [0.5, 0.6) is 0 Å². The van der Waals surface area contributed by atoms with E-state index in [2.05, 4.69) is 13.8 Å². The molecule has 1 heteroatoms. The van der Waals surface area contributed by atoms with E-state index in [1.807, 2.05) is 0 Å². The highest BCUT2D eigenvalue weighted by Crippen LogP contribution is 1.95. The lowest BCUT2D eigenvalue weighted by Gasteiger charge is -1.89. The van der Waals surface area contributed by atoms with E-state index in [1.165, 1.54) is 16.3 Å². The molecule has 0 bridgehead atoms. The molecule has 0 saturated carbocycles. The van der Waals surface area contributed by atoms with Gasteiger partial charge < -0.3 is 0 Å². The molecule has 0 aromatic heterocycles. The van der Waals surface area contributed by atoms with Crippen LogP contribution in [0.3, 0.4) is 0 Å². The zero-order chi connectivity index (χ0) is 4.28. The van der Waals surface area contributed by atoms with Crippen LogP contribution in [0, 0.1) is 5.92 Å². The Labute approximate surface area is 37.0 Å². The van der Waals surface area contributed by atoms with Crippen molar-refractivity contribution in [1.29, 1.82) is 0 Å². The van der Waals surface area contributed by atoms with Gasteiger partial charge in [0.05, 0.1) is 0 Å². The maximum absolute atomic E-state index is 2.17. The van der Waals surface area contributed by atoms with Crippen molar-refractivity contribution in [3.05, 3.63) is 5.92 Å². The fraction of sp³-hybridized carbons (Fsp3) is 0.750. The zero-order valence-electron chi connectivity index (χ0n) is 4.21. The summed E-state index contributed by atoms with van der Waals surface area (Å²) in [4.78, 5) is 0. The highest BCUT2D eigenvalue weighted by atomic mass is 28.1. The van der Waals surface area contributed by atoms with Crippen molar-refractivity contribution in [2.45, 2.75) is 19.9 Å². The van der Waals surface area contributed by atoms with Crippen molar-refractivity contribution < 1.29 is 0 Å². The molecule has 0 aliphatic rings. The number of rotatable bonds is 1. The van der Waals surface area contributed by atoms with Crippen molar-refractivity contribution in [2.75, 3.05) is 0 Å². The smallest absolute Gasteiger partial charge is 0.00350 e. The van der Waals surface area contributed by atoms with Crippen molar-refractivity contribution in [3.8, 4) is 0 Å². The quantitative estimate of drug-likeness (QED) is 0.406. The molecule has 31 valence electrons. The summed E-state index contributed by atoms with van der Waals surface area (Å²) in [6.07, 6.45) is 0. The largest absolute Gasteiger partial charge is 0.0603 e. The third-order valence-corrected chi connectivity index (χ3v) is 2.12. The third kappa shape index (κ3) is 4.22. The molecular formula is C4H11Si. The van der Waals surface area contributed by atoms with Gasteiger partial charge in [-0.3, -0.25) is 0 Å². The van der Waals surface area contributed by atoms with E-state index in [4.69, 9.17) is 0 Å². The molecule has 0 rings (SSSR count). The molecular weight excluding hydrogens is 76.1 g/mol. The summed E-state index contributed by atoms with van der Waals surface area (Å²) in [5.41, 5.74) is 0. The number of hydrogen-bond acceptors (Lipinski definition) is 0.